The summed E-state index contributed by atoms with van der Waals surface area (Å²) in [5.74, 6) is 0. The summed E-state index contributed by atoms with van der Waals surface area (Å²) in [4.78, 5) is 0. The molecule has 0 fully saturated rings. The summed E-state index contributed by atoms with van der Waals surface area (Å²) >= 11 is 0. The van der Waals surface area contributed by atoms with Gasteiger partial charge in [0.05, 0.1) is 12.7 Å². The lowest BCUT2D eigenvalue weighted by molar-refractivity contribution is -0.0373. The van der Waals surface area contributed by atoms with Crippen molar-refractivity contribution in [3.05, 3.63) is 11.1 Å². The first-order valence-corrected chi connectivity index (χ1v) is 6.37. The lowest BCUT2D eigenvalue weighted by Gasteiger charge is -2.41. The van der Waals surface area contributed by atoms with Crippen LogP contribution in [0.2, 0.25) is 0 Å². The minimum atomic E-state index is 0.0844. The van der Waals surface area contributed by atoms with Crippen molar-refractivity contribution in [1.82, 2.24) is 0 Å². The molecule has 0 aliphatic carbocycles. The average Bonchev–Trinajstić information content (AvgIpc) is 2.16. The van der Waals surface area contributed by atoms with Crippen LogP contribution >= 0.6 is 0 Å². The first-order chi connectivity index (χ1) is 7.42. The predicted octanol–water partition coefficient (Wildman–Crippen LogP) is 1.87. The standard InChI is InChI=1S/C13H25BO2/c1-5-6-13(3,4)12-10(8-15)9(2)7-11(14)16-12/h11-12,15H,5-8,14H2,1-4H3/t11-,12+/m1/s1. The van der Waals surface area contributed by atoms with Gasteiger partial charge in [-0.1, -0.05) is 32.8 Å². The summed E-state index contributed by atoms with van der Waals surface area (Å²) in [6, 6.07) is 0.274. The Balaban J connectivity index is 2.96. The van der Waals surface area contributed by atoms with Crippen LogP contribution in [0.3, 0.4) is 0 Å². The monoisotopic (exact) mass is 224 g/mol. The summed E-state index contributed by atoms with van der Waals surface area (Å²) in [6.07, 6.45) is 3.32. The number of ether oxygens (including phenoxy) is 1. The van der Waals surface area contributed by atoms with Gasteiger partial charge in [0.25, 0.3) is 0 Å². The molecule has 0 aromatic carbocycles. The van der Waals surface area contributed by atoms with E-state index in [9.17, 15) is 5.11 Å². The van der Waals surface area contributed by atoms with Crippen molar-refractivity contribution in [3.8, 4) is 0 Å². The number of hydrogen-bond donors (Lipinski definition) is 1. The number of aliphatic hydroxyl groups excluding tert-OH is 1. The highest BCUT2D eigenvalue weighted by Gasteiger charge is 2.36. The second kappa shape index (κ2) is 5.37. The minimum Gasteiger partial charge on any atom is -0.392 e. The maximum atomic E-state index is 9.51. The fraction of sp³-hybridized carbons (Fsp3) is 0.846. The van der Waals surface area contributed by atoms with E-state index >= 15 is 0 Å². The van der Waals surface area contributed by atoms with E-state index in [-0.39, 0.29) is 24.1 Å². The molecule has 3 heteroatoms. The van der Waals surface area contributed by atoms with Crippen molar-refractivity contribution in [2.45, 2.75) is 59.1 Å². The molecule has 0 spiro atoms. The first-order valence-electron chi connectivity index (χ1n) is 6.37. The van der Waals surface area contributed by atoms with Gasteiger partial charge in [-0.15, -0.1) is 0 Å². The highest BCUT2D eigenvalue weighted by molar-refractivity contribution is 6.11. The van der Waals surface area contributed by atoms with Crippen molar-refractivity contribution >= 4 is 7.85 Å². The molecule has 1 N–H and O–H groups in total. The van der Waals surface area contributed by atoms with Gasteiger partial charge >= 0.3 is 0 Å². The van der Waals surface area contributed by atoms with E-state index in [1.165, 1.54) is 5.57 Å². The molecule has 0 bridgehead atoms. The quantitative estimate of drug-likeness (QED) is 0.583. The molecule has 1 aliphatic rings. The summed E-state index contributed by atoms with van der Waals surface area (Å²) in [5, 5.41) is 9.51. The Labute approximate surface area is 100 Å². The largest absolute Gasteiger partial charge is 0.392 e. The van der Waals surface area contributed by atoms with E-state index in [0.717, 1.165) is 24.8 Å². The number of aliphatic hydroxyl groups is 1. The SMILES string of the molecule is B[C@H]1CC(C)=C(CO)[C@@H](C(C)(C)CCC)O1. The molecule has 2 atom stereocenters. The zero-order valence-electron chi connectivity index (χ0n) is 11.3. The molecule has 0 aromatic rings. The van der Waals surface area contributed by atoms with Crippen LogP contribution in [0.25, 0.3) is 0 Å². The van der Waals surface area contributed by atoms with Crippen molar-refractivity contribution in [2.24, 2.45) is 5.41 Å². The molecule has 0 aromatic heterocycles. The van der Waals surface area contributed by atoms with Gasteiger partial charge in [-0.2, -0.15) is 0 Å². The second-order valence-electron chi connectivity index (χ2n) is 5.73. The molecule has 16 heavy (non-hydrogen) atoms. The highest BCUT2D eigenvalue weighted by Crippen LogP contribution is 2.38. The zero-order chi connectivity index (χ0) is 12.3. The lowest BCUT2D eigenvalue weighted by Crippen LogP contribution is -2.41. The van der Waals surface area contributed by atoms with Gasteiger partial charge in [0, 0.05) is 6.00 Å². The van der Waals surface area contributed by atoms with E-state index < -0.39 is 0 Å². The van der Waals surface area contributed by atoms with E-state index in [0.29, 0.717) is 0 Å². The second-order valence-corrected chi connectivity index (χ2v) is 5.73. The number of hydrogen-bond acceptors (Lipinski definition) is 2. The van der Waals surface area contributed by atoms with Gasteiger partial charge in [-0.3, -0.25) is 0 Å². The van der Waals surface area contributed by atoms with Crippen LogP contribution in [0.5, 0.6) is 0 Å². The van der Waals surface area contributed by atoms with Gasteiger partial charge in [0.2, 0.25) is 0 Å². The maximum Gasteiger partial charge on any atom is 0.139 e. The fourth-order valence-corrected chi connectivity index (χ4v) is 2.80. The van der Waals surface area contributed by atoms with E-state index in [1.807, 2.05) is 0 Å². The Kier molecular flexibility index (Phi) is 4.63. The van der Waals surface area contributed by atoms with Crippen molar-refractivity contribution < 1.29 is 9.84 Å². The summed E-state index contributed by atoms with van der Waals surface area (Å²) in [6.45, 7) is 8.93. The average molecular weight is 224 g/mol. The fourth-order valence-electron chi connectivity index (χ4n) is 2.80. The molecule has 1 rings (SSSR count). The van der Waals surface area contributed by atoms with Gasteiger partial charge in [-0.05, 0) is 30.8 Å². The predicted molar refractivity (Wildman–Crippen MR) is 70.3 cm³/mol. The normalized spacial score (nSPS) is 27.3. The van der Waals surface area contributed by atoms with Crippen LogP contribution in [0.4, 0.5) is 0 Å². The smallest absolute Gasteiger partial charge is 0.139 e. The van der Waals surface area contributed by atoms with E-state index in [4.69, 9.17) is 4.74 Å². The Bertz CT molecular complexity index is 271. The molecule has 0 saturated carbocycles. The van der Waals surface area contributed by atoms with Gasteiger partial charge in [0.15, 0.2) is 0 Å². The maximum absolute atomic E-state index is 9.51. The third-order valence-electron chi connectivity index (χ3n) is 3.60. The molecule has 0 radical (unpaired) electrons. The van der Waals surface area contributed by atoms with E-state index in [1.54, 1.807) is 0 Å². The Morgan fingerprint density at radius 2 is 2.12 bits per heavy atom. The molecule has 0 saturated heterocycles. The van der Waals surface area contributed by atoms with Gasteiger partial charge in [0.1, 0.15) is 7.85 Å². The zero-order valence-corrected chi connectivity index (χ0v) is 11.3. The molecule has 92 valence electrons. The summed E-state index contributed by atoms with van der Waals surface area (Å²) in [7, 11) is 2.12. The Morgan fingerprint density at radius 1 is 1.50 bits per heavy atom. The molecule has 1 aliphatic heterocycles. The molecular formula is C13H25BO2. The summed E-state index contributed by atoms with van der Waals surface area (Å²) < 4.78 is 6.06. The summed E-state index contributed by atoms with van der Waals surface area (Å²) in [5.41, 5.74) is 2.54. The Hall–Kier alpha value is -0.275. The van der Waals surface area contributed by atoms with Crippen LogP contribution in [-0.2, 0) is 4.74 Å². The van der Waals surface area contributed by atoms with Crippen LogP contribution in [0, 0.1) is 5.41 Å². The first kappa shape index (κ1) is 13.8. The van der Waals surface area contributed by atoms with E-state index in [2.05, 4.69) is 35.5 Å². The van der Waals surface area contributed by atoms with Crippen LogP contribution in [0.1, 0.15) is 47.0 Å². The topological polar surface area (TPSA) is 29.5 Å². The third-order valence-corrected chi connectivity index (χ3v) is 3.60. The third kappa shape index (κ3) is 2.89. The molecule has 0 unspecified atom stereocenters. The van der Waals surface area contributed by atoms with Crippen LogP contribution in [-0.4, -0.2) is 31.7 Å². The van der Waals surface area contributed by atoms with Crippen LogP contribution < -0.4 is 0 Å². The molecule has 0 amide bonds. The molecule has 2 nitrogen and oxygen atoms in total. The molecule has 1 heterocycles. The van der Waals surface area contributed by atoms with Gasteiger partial charge < -0.3 is 9.84 Å². The van der Waals surface area contributed by atoms with Crippen molar-refractivity contribution in [3.63, 3.8) is 0 Å². The number of rotatable bonds is 4. The minimum absolute atomic E-state index is 0.0844. The molecular weight excluding hydrogens is 199 g/mol. The Morgan fingerprint density at radius 3 is 2.62 bits per heavy atom. The van der Waals surface area contributed by atoms with Crippen LogP contribution in [0.15, 0.2) is 11.1 Å². The highest BCUT2D eigenvalue weighted by atomic mass is 16.5. The lowest BCUT2D eigenvalue weighted by atomic mass is 9.74. The van der Waals surface area contributed by atoms with Gasteiger partial charge in [-0.25, -0.2) is 0 Å². The van der Waals surface area contributed by atoms with Crippen molar-refractivity contribution in [1.29, 1.82) is 0 Å². The van der Waals surface area contributed by atoms with Crippen molar-refractivity contribution in [2.75, 3.05) is 6.61 Å².